The van der Waals surface area contributed by atoms with Crippen LogP contribution in [0.3, 0.4) is 0 Å². The molecule has 0 saturated heterocycles. The predicted octanol–water partition coefficient (Wildman–Crippen LogP) is 1.52. The molecule has 0 fully saturated rings. The summed E-state index contributed by atoms with van der Waals surface area (Å²) >= 11 is 0. The van der Waals surface area contributed by atoms with Gasteiger partial charge in [0.05, 0.1) is 19.8 Å². The average Bonchev–Trinajstić information content (AvgIpc) is 2.42. The van der Waals surface area contributed by atoms with E-state index in [0.29, 0.717) is 32.1 Å². The number of pyridine rings is 1. The van der Waals surface area contributed by atoms with E-state index in [2.05, 4.69) is 4.98 Å². The van der Waals surface area contributed by atoms with Gasteiger partial charge in [-0.25, -0.2) is 4.98 Å². The Kier molecular flexibility index (Phi) is 7.73. The highest BCUT2D eigenvalue weighted by atomic mass is 16.5. The minimum atomic E-state index is 0.409. The third kappa shape index (κ3) is 6.30. The van der Waals surface area contributed by atoms with Gasteiger partial charge in [-0.3, -0.25) is 0 Å². The minimum absolute atomic E-state index is 0.409. The molecule has 0 saturated carbocycles. The van der Waals surface area contributed by atoms with Gasteiger partial charge >= 0.3 is 0 Å². The van der Waals surface area contributed by atoms with Crippen LogP contribution in [-0.2, 0) is 20.8 Å². The quantitative estimate of drug-likeness (QED) is 0.622. The monoisotopic (exact) mass is 250 g/mol. The van der Waals surface area contributed by atoms with Crippen LogP contribution in [0.15, 0.2) is 18.3 Å². The van der Waals surface area contributed by atoms with Crippen molar-refractivity contribution in [3.63, 3.8) is 0 Å². The van der Waals surface area contributed by atoms with Crippen molar-refractivity contribution in [1.82, 2.24) is 4.98 Å². The highest BCUT2D eigenvalue weighted by Gasteiger charge is 1.97. The first kappa shape index (κ1) is 14.6. The van der Waals surface area contributed by atoms with E-state index in [1.54, 1.807) is 19.4 Å². The van der Waals surface area contributed by atoms with Crippen molar-refractivity contribution in [3.8, 4) is 6.07 Å². The fourth-order valence-corrected chi connectivity index (χ4v) is 1.34. The molecule has 0 N–H and O–H groups in total. The van der Waals surface area contributed by atoms with Crippen LogP contribution in [0.2, 0.25) is 0 Å². The molecule has 0 aromatic carbocycles. The first-order valence-electron chi connectivity index (χ1n) is 5.86. The first-order chi connectivity index (χ1) is 8.86. The Morgan fingerprint density at radius 1 is 1.22 bits per heavy atom. The van der Waals surface area contributed by atoms with Crippen LogP contribution in [-0.4, -0.2) is 38.5 Å². The number of hydrogen-bond donors (Lipinski definition) is 0. The molecule has 5 nitrogen and oxygen atoms in total. The largest absolute Gasteiger partial charge is 0.385 e. The number of ether oxygens (including phenoxy) is 3. The highest BCUT2D eigenvalue weighted by molar-refractivity contribution is 5.24. The van der Waals surface area contributed by atoms with Crippen LogP contribution in [0.4, 0.5) is 0 Å². The molecule has 0 aliphatic heterocycles. The molecule has 1 heterocycles. The van der Waals surface area contributed by atoms with E-state index in [9.17, 15) is 0 Å². The highest BCUT2D eigenvalue weighted by Crippen LogP contribution is 2.02. The Bertz CT molecular complexity index is 377. The topological polar surface area (TPSA) is 64.4 Å². The van der Waals surface area contributed by atoms with Gasteiger partial charge in [-0.05, 0) is 24.1 Å². The first-order valence-corrected chi connectivity index (χ1v) is 5.86. The second kappa shape index (κ2) is 9.54. The second-order valence-electron chi connectivity index (χ2n) is 3.67. The Morgan fingerprint density at radius 2 is 2.06 bits per heavy atom. The molecular formula is C13H18N2O3. The zero-order chi connectivity index (χ0) is 13.1. The van der Waals surface area contributed by atoms with Crippen LogP contribution < -0.4 is 0 Å². The predicted molar refractivity (Wildman–Crippen MR) is 65.9 cm³/mol. The maximum Gasteiger partial charge on any atom is 0.140 e. The van der Waals surface area contributed by atoms with Crippen molar-refractivity contribution >= 4 is 0 Å². The van der Waals surface area contributed by atoms with Gasteiger partial charge in [-0.15, -0.1) is 0 Å². The van der Waals surface area contributed by atoms with Crippen LogP contribution in [0, 0.1) is 11.3 Å². The standard InChI is InChI=1S/C13H18N2O3/c1-16-5-2-6-17-7-8-18-11-12-3-4-15-13(9-12)10-14/h3-4,9H,2,5-8,11H2,1H3. The van der Waals surface area contributed by atoms with Crippen molar-refractivity contribution in [2.45, 2.75) is 13.0 Å². The Labute approximate surface area is 107 Å². The van der Waals surface area contributed by atoms with Gasteiger partial charge < -0.3 is 14.2 Å². The lowest BCUT2D eigenvalue weighted by atomic mass is 10.2. The Hall–Kier alpha value is -1.48. The molecule has 98 valence electrons. The lowest BCUT2D eigenvalue weighted by Crippen LogP contribution is -2.06. The third-order valence-corrected chi connectivity index (χ3v) is 2.22. The number of methoxy groups -OCH3 is 1. The average molecular weight is 250 g/mol. The summed E-state index contributed by atoms with van der Waals surface area (Å²) in [5.74, 6) is 0. The zero-order valence-electron chi connectivity index (χ0n) is 10.6. The molecule has 1 aromatic heterocycles. The number of hydrogen-bond acceptors (Lipinski definition) is 5. The van der Waals surface area contributed by atoms with E-state index in [1.807, 2.05) is 12.1 Å². The van der Waals surface area contributed by atoms with Gasteiger partial charge in [0.1, 0.15) is 11.8 Å². The Morgan fingerprint density at radius 3 is 2.83 bits per heavy atom. The van der Waals surface area contributed by atoms with Crippen molar-refractivity contribution < 1.29 is 14.2 Å². The fourth-order valence-electron chi connectivity index (χ4n) is 1.34. The van der Waals surface area contributed by atoms with E-state index in [-0.39, 0.29) is 0 Å². The van der Waals surface area contributed by atoms with E-state index in [4.69, 9.17) is 19.5 Å². The van der Waals surface area contributed by atoms with E-state index >= 15 is 0 Å². The summed E-state index contributed by atoms with van der Waals surface area (Å²) in [6.07, 6.45) is 2.50. The summed E-state index contributed by atoms with van der Waals surface area (Å²) in [4.78, 5) is 3.89. The summed E-state index contributed by atoms with van der Waals surface area (Å²) in [6.45, 7) is 2.98. The number of nitriles is 1. The van der Waals surface area contributed by atoms with Gasteiger partial charge in [0.25, 0.3) is 0 Å². The van der Waals surface area contributed by atoms with Gasteiger partial charge in [0.2, 0.25) is 0 Å². The molecule has 18 heavy (non-hydrogen) atoms. The van der Waals surface area contributed by atoms with Crippen LogP contribution in [0.25, 0.3) is 0 Å². The van der Waals surface area contributed by atoms with E-state index < -0.39 is 0 Å². The number of aromatic nitrogens is 1. The summed E-state index contributed by atoms with van der Waals surface area (Å²) in [6, 6.07) is 5.55. The second-order valence-corrected chi connectivity index (χ2v) is 3.67. The third-order valence-electron chi connectivity index (χ3n) is 2.22. The summed E-state index contributed by atoms with van der Waals surface area (Å²) in [5.41, 5.74) is 1.35. The number of nitrogens with zero attached hydrogens (tertiary/aromatic N) is 2. The summed E-state index contributed by atoms with van der Waals surface area (Å²) in [7, 11) is 1.67. The van der Waals surface area contributed by atoms with E-state index in [1.165, 1.54) is 0 Å². The molecule has 1 aromatic rings. The van der Waals surface area contributed by atoms with Gasteiger partial charge in [0, 0.05) is 26.5 Å². The lowest BCUT2D eigenvalue weighted by molar-refractivity contribution is 0.0336. The number of rotatable bonds is 9. The molecule has 0 amide bonds. The SMILES string of the molecule is COCCCOCCOCc1ccnc(C#N)c1. The molecule has 0 radical (unpaired) electrons. The smallest absolute Gasteiger partial charge is 0.140 e. The van der Waals surface area contributed by atoms with Gasteiger partial charge in [-0.1, -0.05) is 0 Å². The van der Waals surface area contributed by atoms with Crippen molar-refractivity contribution in [2.24, 2.45) is 0 Å². The lowest BCUT2D eigenvalue weighted by Gasteiger charge is -2.05. The van der Waals surface area contributed by atoms with Gasteiger partial charge in [-0.2, -0.15) is 5.26 Å². The van der Waals surface area contributed by atoms with E-state index in [0.717, 1.165) is 18.6 Å². The molecule has 5 heteroatoms. The molecule has 0 atom stereocenters. The van der Waals surface area contributed by atoms with Crippen LogP contribution in [0.5, 0.6) is 0 Å². The van der Waals surface area contributed by atoms with Gasteiger partial charge in [0.15, 0.2) is 0 Å². The van der Waals surface area contributed by atoms with Crippen molar-refractivity contribution in [1.29, 1.82) is 5.26 Å². The molecule has 0 bridgehead atoms. The maximum absolute atomic E-state index is 8.69. The van der Waals surface area contributed by atoms with Crippen LogP contribution >= 0.6 is 0 Å². The van der Waals surface area contributed by atoms with Crippen molar-refractivity contribution in [3.05, 3.63) is 29.6 Å². The molecular weight excluding hydrogens is 232 g/mol. The summed E-state index contributed by atoms with van der Waals surface area (Å²) < 4.78 is 15.7. The van der Waals surface area contributed by atoms with Crippen LogP contribution in [0.1, 0.15) is 17.7 Å². The summed E-state index contributed by atoms with van der Waals surface area (Å²) in [5, 5.41) is 8.69. The normalized spacial score (nSPS) is 10.2. The maximum atomic E-state index is 8.69. The molecule has 0 aliphatic rings. The molecule has 0 unspecified atom stereocenters. The molecule has 0 spiro atoms. The minimum Gasteiger partial charge on any atom is -0.385 e. The van der Waals surface area contributed by atoms with Crippen molar-refractivity contribution in [2.75, 3.05) is 33.5 Å². The fraction of sp³-hybridized carbons (Fsp3) is 0.538. The molecule has 1 rings (SSSR count). The molecule has 0 aliphatic carbocycles. The Balaban J connectivity index is 2.05. The zero-order valence-corrected chi connectivity index (χ0v) is 10.6.